The molecule has 1 heterocycles. The van der Waals surface area contributed by atoms with Crippen LogP contribution in [0, 0.1) is 0 Å². The molecule has 1 aromatic heterocycles. The third kappa shape index (κ3) is 4.80. The van der Waals surface area contributed by atoms with Crippen LogP contribution in [-0.4, -0.2) is 57.7 Å². The minimum atomic E-state index is -1.45. The molecule has 26 heavy (non-hydrogen) atoms. The molecule has 0 aliphatic carbocycles. The fourth-order valence-corrected chi connectivity index (χ4v) is 2.54. The van der Waals surface area contributed by atoms with Crippen molar-refractivity contribution in [3.05, 3.63) is 36.0 Å². The summed E-state index contributed by atoms with van der Waals surface area (Å²) in [5.41, 5.74) is 7.71. The average Bonchev–Trinajstić information content (AvgIpc) is 3.00. The Labute approximate surface area is 149 Å². The lowest BCUT2D eigenvalue weighted by Crippen LogP contribution is -2.52. The first-order valence-electron chi connectivity index (χ1n) is 8.08. The maximum absolute atomic E-state index is 12.1. The second kappa shape index (κ2) is 8.45. The zero-order valence-corrected chi connectivity index (χ0v) is 14.2. The van der Waals surface area contributed by atoms with E-state index in [-0.39, 0.29) is 6.42 Å². The van der Waals surface area contributed by atoms with Crippen molar-refractivity contribution in [3.63, 3.8) is 0 Å². The van der Waals surface area contributed by atoms with E-state index in [9.17, 15) is 19.5 Å². The van der Waals surface area contributed by atoms with E-state index >= 15 is 0 Å². The number of nitrogens with one attached hydrogen (secondary N) is 3. The molecule has 2 rings (SSSR count). The summed E-state index contributed by atoms with van der Waals surface area (Å²) in [6.45, 7) is 0.811. The quantitative estimate of drug-likeness (QED) is 0.357. The summed E-state index contributed by atoms with van der Waals surface area (Å²) >= 11 is 0. The van der Waals surface area contributed by atoms with Gasteiger partial charge in [-0.2, -0.15) is 0 Å². The monoisotopic (exact) mass is 362 g/mol. The summed E-state index contributed by atoms with van der Waals surface area (Å²) < 4.78 is 0. The molecule has 2 aromatic rings. The normalized spacial score (nSPS) is 14.4. The molecule has 0 aliphatic heterocycles. The number of aliphatic carboxylic acids is 1. The number of benzene rings is 1. The number of aliphatic hydroxyl groups is 1. The number of aliphatic hydroxyl groups excluding tert-OH is 1. The number of aromatic amines is 1. The highest BCUT2D eigenvalue weighted by atomic mass is 16.4. The van der Waals surface area contributed by atoms with E-state index in [1.807, 2.05) is 24.3 Å². The smallest absolute Gasteiger partial charge is 0.328 e. The lowest BCUT2D eigenvalue weighted by Gasteiger charge is -2.17. The van der Waals surface area contributed by atoms with Gasteiger partial charge < -0.3 is 31.6 Å². The molecule has 3 unspecified atom stereocenters. The molecule has 2 amide bonds. The number of H-pyrrole nitrogens is 1. The Morgan fingerprint density at radius 2 is 1.96 bits per heavy atom. The van der Waals surface area contributed by atoms with Crippen LogP contribution in [0.3, 0.4) is 0 Å². The van der Waals surface area contributed by atoms with Gasteiger partial charge in [-0.05, 0) is 25.0 Å². The minimum absolute atomic E-state index is 0.281. The number of hydrogen-bond donors (Lipinski definition) is 6. The van der Waals surface area contributed by atoms with Gasteiger partial charge in [-0.15, -0.1) is 0 Å². The molecular weight excluding hydrogens is 340 g/mol. The molecule has 9 nitrogen and oxygen atoms in total. The first-order chi connectivity index (χ1) is 12.3. The van der Waals surface area contributed by atoms with Crippen LogP contribution in [0.15, 0.2) is 30.5 Å². The number of carboxylic acids is 1. The SMILES string of the molecule is CC(O)C(NC(=O)CNC(=O)C(N)Cc1c[nH]c2ccccc12)C(=O)O. The molecule has 3 atom stereocenters. The first kappa shape index (κ1) is 19.4. The molecule has 0 fully saturated rings. The molecule has 0 spiro atoms. The first-order valence-corrected chi connectivity index (χ1v) is 8.08. The van der Waals surface area contributed by atoms with E-state index in [1.165, 1.54) is 6.92 Å². The van der Waals surface area contributed by atoms with Crippen LogP contribution < -0.4 is 16.4 Å². The average molecular weight is 362 g/mol. The van der Waals surface area contributed by atoms with E-state index in [0.29, 0.717) is 0 Å². The Morgan fingerprint density at radius 3 is 2.62 bits per heavy atom. The van der Waals surface area contributed by atoms with Gasteiger partial charge in [0.25, 0.3) is 0 Å². The molecule has 0 saturated carbocycles. The zero-order valence-electron chi connectivity index (χ0n) is 14.2. The van der Waals surface area contributed by atoms with Crippen molar-refractivity contribution in [1.82, 2.24) is 15.6 Å². The van der Waals surface area contributed by atoms with E-state index in [4.69, 9.17) is 10.8 Å². The fraction of sp³-hybridized carbons (Fsp3) is 0.353. The molecule has 1 aromatic carbocycles. The van der Waals surface area contributed by atoms with Crippen molar-refractivity contribution < 1.29 is 24.6 Å². The zero-order chi connectivity index (χ0) is 19.3. The molecule has 0 radical (unpaired) electrons. The largest absolute Gasteiger partial charge is 0.480 e. The topological polar surface area (TPSA) is 158 Å². The van der Waals surface area contributed by atoms with E-state index in [0.717, 1.165) is 16.5 Å². The van der Waals surface area contributed by atoms with Crippen LogP contribution in [0.5, 0.6) is 0 Å². The van der Waals surface area contributed by atoms with E-state index in [1.54, 1.807) is 6.20 Å². The van der Waals surface area contributed by atoms with Gasteiger partial charge in [0.2, 0.25) is 11.8 Å². The van der Waals surface area contributed by atoms with Gasteiger partial charge in [-0.1, -0.05) is 18.2 Å². The number of carbonyl (C=O) groups excluding carboxylic acids is 2. The fourth-order valence-electron chi connectivity index (χ4n) is 2.54. The van der Waals surface area contributed by atoms with Gasteiger partial charge >= 0.3 is 5.97 Å². The predicted octanol–water partition coefficient (Wildman–Crippen LogP) is -0.896. The molecule has 0 aliphatic rings. The van der Waals surface area contributed by atoms with E-state index < -0.39 is 42.5 Å². The number of nitrogens with two attached hydrogens (primary N) is 1. The van der Waals surface area contributed by atoms with Crippen LogP contribution in [-0.2, 0) is 20.8 Å². The van der Waals surface area contributed by atoms with Gasteiger partial charge in [-0.25, -0.2) is 4.79 Å². The highest BCUT2D eigenvalue weighted by Gasteiger charge is 2.25. The van der Waals surface area contributed by atoms with Gasteiger partial charge in [0.1, 0.15) is 0 Å². The Morgan fingerprint density at radius 1 is 1.27 bits per heavy atom. The predicted molar refractivity (Wildman–Crippen MR) is 94.2 cm³/mol. The molecule has 9 heteroatoms. The van der Waals surface area contributed by atoms with Crippen molar-refractivity contribution >= 4 is 28.7 Å². The van der Waals surface area contributed by atoms with E-state index in [2.05, 4.69) is 15.6 Å². The van der Waals surface area contributed by atoms with Crippen LogP contribution in [0.25, 0.3) is 10.9 Å². The number of hydrogen-bond acceptors (Lipinski definition) is 5. The number of carboxylic acid groups (broad SMARTS) is 1. The Hall–Kier alpha value is -2.91. The van der Waals surface area contributed by atoms with Crippen molar-refractivity contribution in [2.75, 3.05) is 6.54 Å². The van der Waals surface area contributed by atoms with Crippen molar-refractivity contribution in [3.8, 4) is 0 Å². The molecule has 7 N–H and O–H groups in total. The second-order valence-corrected chi connectivity index (χ2v) is 6.01. The van der Waals surface area contributed by atoms with Gasteiger partial charge in [0, 0.05) is 17.1 Å². The van der Waals surface area contributed by atoms with Gasteiger partial charge in [-0.3, -0.25) is 9.59 Å². The summed E-state index contributed by atoms with van der Waals surface area (Å²) in [5.74, 6) is -2.63. The summed E-state index contributed by atoms with van der Waals surface area (Å²) in [6, 6.07) is 5.30. The molecular formula is C17H22N4O5. The van der Waals surface area contributed by atoms with Gasteiger partial charge in [0.05, 0.1) is 18.7 Å². The minimum Gasteiger partial charge on any atom is -0.480 e. The third-order valence-electron chi connectivity index (χ3n) is 3.94. The third-order valence-corrected chi connectivity index (χ3v) is 3.94. The number of rotatable bonds is 8. The van der Waals surface area contributed by atoms with Crippen LogP contribution in [0.2, 0.25) is 0 Å². The summed E-state index contributed by atoms with van der Waals surface area (Å²) in [7, 11) is 0. The maximum Gasteiger partial charge on any atom is 0.328 e. The number of para-hydroxylation sites is 1. The Balaban J connectivity index is 1.87. The molecule has 140 valence electrons. The summed E-state index contributed by atoms with van der Waals surface area (Å²) in [6.07, 6.45) is 0.796. The molecule has 0 saturated heterocycles. The highest BCUT2D eigenvalue weighted by Crippen LogP contribution is 2.18. The second-order valence-electron chi connectivity index (χ2n) is 6.01. The van der Waals surface area contributed by atoms with Crippen molar-refractivity contribution in [1.29, 1.82) is 0 Å². The maximum atomic E-state index is 12.1. The van der Waals surface area contributed by atoms with Crippen LogP contribution >= 0.6 is 0 Å². The highest BCUT2D eigenvalue weighted by molar-refractivity contribution is 5.90. The lowest BCUT2D eigenvalue weighted by atomic mass is 10.1. The summed E-state index contributed by atoms with van der Waals surface area (Å²) in [5, 5.41) is 23.7. The number of aromatic nitrogens is 1. The number of fused-ring (bicyclic) bond motifs is 1. The van der Waals surface area contributed by atoms with Gasteiger partial charge in [0.15, 0.2) is 6.04 Å². The van der Waals surface area contributed by atoms with Crippen molar-refractivity contribution in [2.24, 2.45) is 5.73 Å². The standard InChI is InChI=1S/C17H22N4O5/c1-9(22)15(17(25)26)21-14(23)8-20-16(24)12(18)6-10-7-19-13-5-3-2-4-11(10)13/h2-5,7,9,12,15,19,22H,6,8,18H2,1H3,(H,20,24)(H,21,23)(H,25,26). The summed E-state index contributed by atoms with van der Waals surface area (Å²) in [4.78, 5) is 37.8. The number of amides is 2. The number of carbonyl (C=O) groups is 3. The Bertz CT molecular complexity index is 801. The van der Waals surface area contributed by atoms with Crippen LogP contribution in [0.1, 0.15) is 12.5 Å². The van der Waals surface area contributed by atoms with Crippen molar-refractivity contribution in [2.45, 2.75) is 31.5 Å². The van der Waals surface area contributed by atoms with Crippen LogP contribution in [0.4, 0.5) is 0 Å². The molecule has 0 bridgehead atoms. The lowest BCUT2D eigenvalue weighted by molar-refractivity contribution is -0.144. The Kier molecular flexibility index (Phi) is 6.31.